The van der Waals surface area contributed by atoms with Crippen molar-refractivity contribution >= 4 is 5.82 Å². The van der Waals surface area contributed by atoms with E-state index in [0.29, 0.717) is 6.04 Å². The first-order chi connectivity index (χ1) is 7.17. The Bertz CT molecular complexity index is 299. The zero-order chi connectivity index (χ0) is 11.3. The maximum absolute atomic E-state index is 4.50. The van der Waals surface area contributed by atoms with E-state index in [1.807, 2.05) is 19.2 Å². The Balaban J connectivity index is 2.63. The molecule has 1 unspecified atom stereocenters. The van der Waals surface area contributed by atoms with Crippen LogP contribution < -0.4 is 5.32 Å². The Hall–Kier alpha value is -1.09. The van der Waals surface area contributed by atoms with Crippen molar-refractivity contribution in [3.63, 3.8) is 0 Å². The molecule has 0 aliphatic rings. The van der Waals surface area contributed by atoms with Crippen LogP contribution in [0.15, 0.2) is 18.2 Å². The van der Waals surface area contributed by atoms with Gasteiger partial charge in [-0.05, 0) is 32.5 Å². The highest BCUT2D eigenvalue weighted by atomic mass is 15.1. The molecule has 0 bridgehead atoms. The van der Waals surface area contributed by atoms with Crippen LogP contribution in [0.25, 0.3) is 0 Å². The highest BCUT2D eigenvalue weighted by molar-refractivity contribution is 5.34. The number of hydrogen-bond acceptors (Lipinski definition) is 3. The summed E-state index contributed by atoms with van der Waals surface area (Å²) in [5, 5.41) is 3.05. The van der Waals surface area contributed by atoms with Crippen molar-refractivity contribution in [1.29, 1.82) is 0 Å². The maximum atomic E-state index is 4.50. The normalized spacial score (nSPS) is 12.9. The number of anilines is 1. The first-order valence-corrected chi connectivity index (χ1v) is 5.51. The van der Waals surface area contributed by atoms with E-state index >= 15 is 0 Å². The third-order valence-electron chi connectivity index (χ3n) is 2.82. The van der Waals surface area contributed by atoms with Crippen LogP contribution in [0.1, 0.15) is 26.0 Å². The number of nitrogens with zero attached hydrogens (tertiary/aromatic N) is 2. The molecule has 15 heavy (non-hydrogen) atoms. The van der Waals surface area contributed by atoms with E-state index in [1.165, 1.54) is 6.42 Å². The lowest BCUT2D eigenvalue weighted by Crippen LogP contribution is -2.28. The highest BCUT2D eigenvalue weighted by Crippen LogP contribution is 2.09. The Morgan fingerprint density at radius 2 is 2.20 bits per heavy atom. The van der Waals surface area contributed by atoms with Crippen molar-refractivity contribution in [3.05, 3.63) is 23.9 Å². The molecule has 84 valence electrons. The van der Waals surface area contributed by atoms with Gasteiger partial charge in [0, 0.05) is 19.6 Å². The van der Waals surface area contributed by atoms with Crippen LogP contribution in [-0.2, 0) is 6.54 Å². The van der Waals surface area contributed by atoms with Crippen molar-refractivity contribution < 1.29 is 0 Å². The van der Waals surface area contributed by atoms with E-state index in [0.717, 1.165) is 18.1 Å². The standard InChI is InChI=1S/C12H21N3/c1-5-10(2)15(4)9-11-7-6-8-12(13-3)14-11/h6-8,10H,5,9H2,1-4H3,(H,13,14). The molecular weight excluding hydrogens is 186 g/mol. The second kappa shape index (κ2) is 5.71. The van der Waals surface area contributed by atoms with Crippen LogP contribution in [-0.4, -0.2) is 30.0 Å². The van der Waals surface area contributed by atoms with Gasteiger partial charge in [-0.15, -0.1) is 0 Å². The Morgan fingerprint density at radius 3 is 2.80 bits per heavy atom. The molecule has 0 aliphatic heterocycles. The molecule has 1 heterocycles. The SMILES string of the molecule is CCC(C)N(C)Cc1cccc(NC)n1. The highest BCUT2D eigenvalue weighted by Gasteiger charge is 2.07. The van der Waals surface area contributed by atoms with Gasteiger partial charge in [0.25, 0.3) is 0 Å². The molecule has 3 heteroatoms. The summed E-state index contributed by atoms with van der Waals surface area (Å²) in [7, 11) is 4.03. The van der Waals surface area contributed by atoms with Crippen LogP contribution in [0, 0.1) is 0 Å². The molecule has 0 saturated heterocycles. The van der Waals surface area contributed by atoms with Gasteiger partial charge >= 0.3 is 0 Å². The molecule has 1 atom stereocenters. The number of nitrogens with one attached hydrogen (secondary N) is 1. The third-order valence-corrected chi connectivity index (χ3v) is 2.82. The van der Waals surface area contributed by atoms with Crippen LogP contribution >= 0.6 is 0 Å². The average molecular weight is 207 g/mol. The molecule has 1 aromatic rings. The van der Waals surface area contributed by atoms with Gasteiger partial charge < -0.3 is 5.32 Å². The molecule has 0 amide bonds. The summed E-state index contributed by atoms with van der Waals surface area (Å²) >= 11 is 0. The topological polar surface area (TPSA) is 28.2 Å². The number of hydrogen-bond donors (Lipinski definition) is 1. The van der Waals surface area contributed by atoms with Crippen LogP contribution in [0.2, 0.25) is 0 Å². The zero-order valence-corrected chi connectivity index (χ0v) is 10.1. The fourth-order valence-corrected chi connectivity index (χ4v) is 1.43. The second-order valence-corrected chi connectivity index (χ2v) is 3.94. The van der Waals surface area contributed by atoms with Crippen LogP contribution in [0.5, 0.6) is 0 Å². The van der Waals surface area contributed by atoms with Crippen molar-refractivity contribution in [2.45, 2.75) is 32.9 Å². The van der Waals surface area contributed by atoms with Crippen molar-refractivity contribution in [2.24, 2.45) is 0 Å². The number of aromatic nitrogens is 1. The fraction of sp³-hybridized carbons (Fsp3) is 0.583. The minimum atomic E-state index is 0.602. The van der Waals surface area contributed by atoms with E-state index in [1.54, 1.807) is 0 Å². The summed E-state index contributed by atoms with van der Waals surface area (Å²) in [5.41, 5.74) is 1.12. The summed E-state index contributed by atoms with van der Waals surface area (Å²) in [5.74, 6) is 0.935. The van der Waals surface area contributed by atoms with Gasteiger partial charge in [0.1, 0.15) is 5.82 Å². The number of rotatable bonds is 5. The Morgan fingerprint density at radius 1 is 1.47 bits per heavy atom. The van der Waals surface area contributed by atoms with E-state index in [9.17, 15) is 0 Å². The molecule has 1 N–H and O–H groups in total. The van der Waals surface area contributed by atoms with Crippen LogP contribution in [0.4, 0.5) is 5.82 Å². The zero-order valence-electron chi connectivity index (χ0n) is 10.1. The minimum absolute atomic E-state index is 0.602. The van der Waals surface area contributed by atoms with E-state index in [4.69, 9.17) is 0 Å². The van der Waals surface area contributed by atoms with Crippen LogP contribution in [0.3, 0.4) is 0 Å². The predicted octanol–water partition coefficient (Wildman–Crippen LogP) is 2.35. The minimum Gasteiger partial charge on any atom is -0.373 e. The van der Waals surface area contributed by atoms with Gasteiger partial charge in [0.2, 0.25) is 0 Å². The first kappa shape index (κ1) is 12.0. The molecule has 0 saturated carbocycles. The van der Waals surface area contributed by atoms with Gasteiger partial charge in [0.15, 0.2) is 0 Å². The monoisotopic (exact) mass is 207 g/mol. The second-order valence-electron chi connectivity index (χ2n) is 3.94. The smallest absolute Gasteiger partial charge is 0.126 e. The van der Waals surface area contributed by atoms with Crippen molar-refractivity contribution in [3.8, 4) is 0 Å². The van der Waals surface area contributed by atoms with Gasteiger partial charge in [-0.2, -0.15) is 0 Å². The molecular formula is C12H21N3. The molecule has 0 aliphatic carbocycles. The molecule has 0 spiro atoms. The van der Waals surface area contributed by atoms with Gasteiger partial charge in [-0.25, -0.2) is 4.98 Å². The summed E-state index contributed by atoms with van der Waals surface area (Å²) in [6.45, 7) is 5.35. The predicted molar refractivity (Wildman–Crippen MR) is 65.0 cm³/mol. The lowest BCUT2D eigenvalue weighted by atomic mass is 10.2. The van der Waals surface area contributed by atoms with Gasteiger partial charge in [-0.1, -0.05) is 13.0 Å². The first-order valence-electron chi connectivity index (χ1n) is 5.51. The van der Waals surface area contributed by atoms with Crippen molar-refractivity contribution in [1.82, 2.24) is 9.88 Å². The summed E-state index contributed by atoms with van der Waals surface area (Å²) in [6, 6.07) is 6.69. The Kier molecular flexibility index (Phi) is 4.56. The van der Waals surface area contributed by atoms with Crippen molar-refractivity contribution in [2.75, 3.05) is 19.4 Å². The molecule has 1 rings (SSSR count). The quantitative estimate of drug-likeness (QED) is 0.803. The van der Waals surface area contributed by atoms with E-state index < -0.39 is 0 Å². The fourth-order valence-electron chi connectivity index (χ4n) is 1.43. The molecule has 1 aromatic heterocycles. The largest absolute Gasteiger partial charge is 0.373 e. The van der Waals surface area contributed by atoms with E-state index in [-0.39, 0.29) is 0 Å². The molecule has 0 radical (unpaired) electrons. The summed E-state index contributed by atoms with van der Waals surface area (Å²) in [4.78, 5) is 6.82. The van der Waals surface area contributed by atoms with E-state index in [2.05, 4.69) is 42.2 Å². The lowest BCUT2D eigenvalue weighted by molar-refractivity contribution is 0.241. The molecule has 3 nitrogen and oxygen atoms in total. The van der Waals surface area contributed by atoms with Gasteiger partial charge in [0.05, 0.1) is 5.69 Å². The lowest BCUT2D eigenvalue weighted by Gasteiger charge is -2.23. The third kappa shape index (κ3) is 3.51. The number of pyridine rings is 1. The van der Waals surface area contributed by atoms with Gasteiger partial charge in [-0.3, -0.25) is 4.90 Å². The maximum Gasteiger partial charge on any atom is 0.126 e. The summed E-state index contributed by atoms with van der Waals surface area (Å²) in [6.07, 6.45) is 1.17. The summed E-state index contributed by atoms with van der Waals surface area (Å²) < 4.78 is 0. The molecule has 0 aromatic carbocycles. The average Bonchev–Trinajstić information content (AvgIpc) is 2.28. The molecule has 0 fully saturated rings. The Labute approximate surface area is 92.5 Å².